The van der Waals surface area contributed by atoms with Crippen LogP contribution < -0.4 is 5.19 Å². The Balaban J connectivity index is 2.79. The van der Waals surface area contributed by atoms with Gasteiger partial charge in [0.1, 0.15) is 8.07 Å². The van der Waals surface area contributed by atoms with Crippen molar-refractivity contribution < 1.29 is 0 Å². The molecule has 1 aromatic carbocycles. The van der Waals surface area contributed by atoms with E-state index in [2.05, 4.69) is 87.1 Å². The van der Waals surface area contributed by atoms with E-state index in [1.54, 1.807) is 21.5 Å². The van der Waals surface area contributed by atoms with Gasteiger partial charge in [0.05, 0.1) is 0 Å². The molecule has 2 rings (SSSR count). The van der Waals surface area contributed by atoms with Gasteiger partial charge < -0.3 is 0 Å². The molecule has 0 fully saturated rings. The maximum Gasteiger partial charge on any atom is 0.116 e. The van der Waals surface area contributed by atoms with E-state index in [1.807, 2.05) is 0 Å². The molecule has 0 aromatic heterocycles. The van der Waals surface area contributed by atoms with Crippen LogP contribution in [-0.4, -0.2) is 8.07 Å². The predicted octanol–water partition coefficient (Wildman–Crippen LogP) is 6.74. The zero-order chi connectivity index (χ0) is 19.2. The molecule has 0 nitrogen and oxygen atoms in total. The Morgan fingerprint density at radius 3 is 1.68 bits per heavy atom. The van der Waals surface area contributed by atoms with Crippen LogP contribution in [0.4, 0.5) is 0 Å². The lowest BCUT2D eigenvalue weighted by Crippen LogP contribution is -2.56. The maximum absolute atomic E-state index is 2.63. The van der Waals surface area contributed by atoms with Crippen molar-refractivity contribution in [1.82, 2.24) is 0 Å². The Morgan fingerprint density at radius 1 is 0.880 bits per heavy atom. The average Bonchev–Trinajstić information content (AvgIpc) is 2.76. The van der Waals surface area contributed by atoms with Gasteiger partial charge in [-0.05, 0) is 61.3 Å². The number of allylic oxidation sites excluding steroid dienone is 4. The molecule has 0 saturated carbocycles. The molecule has 0 radical (unpaired) electrons. The van der Waals surface area contributed by atoms with Gasteiger partial charge >= 0.3 is 0 Å². The average molecular weight is 355 g/mol. The van der Waals surface area contributed by atoms with Gasteiger partial charge in [-0.1, -0.05) is 87.8 Å². The molecule has 1 aromatic rings. The second-order valence-electron chi connectivity index (χ2n) is 9.19. The van der Waals surface area contributed by atoms with Gasteiger partial charge in [0.25, 0.3) is 0 Å². The van der Waals surface area contributed by atoms with Gasteiger partial charge in [-0.25, -0.2) is 0 Å². The van der Waals surface area contributed by atoms with Gasteiger partial charge in [0.15, 0.2) is 0 Å². The summed E-state index contributed by atoms with van der Waals surface area (Å²) < 4.78 is 0. The van der Waals surface area contributed by atoms with Crippen LogP contribution in [0.1, 0.15) is 73.4 Å². The number of aryl methyl sites for hydroxylation is 2. The first-order chi connectivity index (χ1) is 11.5. The fraction of sp³-hybridized carbons (Fsp3) is 0.583. The molecule has 0 N–H and O–H groups in total. The molecule has 138 valence electrons. The van der Waals surface area contributed by atoms with Gasteiger partial charge in [0.2, 0.25) is 0 Å². The SMILES string of the molecule is CCc1cc(CC)cc([Si](C)(C2=C(C)C(C)=C(C)C2C)C(C)(C)C)c1. The molecule has 1 aliphatic carbocycles. The minimum atomic E-state index is -1.86. The van der Waals surface area contributed by atoms with E-state index in [0.29, 0.717) is 11.0 Å². The van der Waals surface area contributed by atoms with Gasteiger partial charge in [-0.2, -0.15) is 0 Å². The highest BCUT2D eigenvalue weighted by atomic mass is 28.3. The lowest BCUT2D eigenvalue weighted by atomic mass is 10.1. The minimum Gasteiger partial charge on any atom is -0.0655 e. The molecular weight excluding hydrogens is 316 g/mol. The van der Waals surface area contributed by atoms with Crippen molar-refractivity contribution >= 4 is 13.3 Å². The van der Waals surface area contributed by atoms with Crippen LogP contribution in [0.3, 0.4) is 0 Å². The second kappa shape index (κ2) is 6.91. The monoisotopic (exact) mass is 354 g/mol. The largest absolute Gasteiger partial charge is 0.116 e. The smallest absolute Gasteiger partial charge is 0.0655 e. The Hall–Kier alpha value is -1.08. The molecule has 1 aliphatic rings. The van der Waals surface area contributed by atoms with Crippen LogP contribution in [0.5, 0.6) is 0 Å². The fourth-order valence-electron chi connectivity index (χ4n) is 4.62. The summed E-state index contributed by atoms with van der Waals surface area (Å²) in [6.07, 6.45) is 2.25. The van der Waals surface area contributed by atoms with E-state index in [0.717, 1.165) is 12.8 Å². The van der Waals surface area contributed by atoms with Crippen molar-refractivity contribution in [2.75, 3.05) is 0 Å². The first-order valence-electron chi connectivity index (χ1n) is 10.0. The first-order valence-corrected chi connectivity index (χ1v) is 12.5. The molecule has 0 bridgehead atoms. The normalized spacial score (nSPS) is 21.1. The molecule has 2 unspecified atom stereocenters. The van der Waals surface area contributed by atoms with E-state index < -0.39 is 8.07 Å². The van der Waals surface area contributed by atoms with E-state index in [9.17, 15) is 0 Å². The zero-order valence-electron chi connectivity index (χ0n) is 18.2. The summed E-state index contributed by atoms with van der Waals surface area (Å²) in [6.45, 7) is 24.1. The standard InChI is InChI=1S/C24H38Si/c1-11-20-13-21(12-2)15-22(14-20)25(10,24(7,8)9)23-18(5)16(3)17(4)19(23)6/h13-15,18H,11-12H2,1-10H3. The van der Waals surface area contributed by atoms with Crippen molar-refractivity contribution in [3.05, 3.63) is 51.2 Å². The Morgan fingerprint density at radius 2 is 1.36 bits per heavy atom. The highest BCUT2D eigenvalue weighted by Gasteiger charge is 2.48. The third-order valence-corrected chi connectivity index (χ3v) is 13.5. The number of hydrogen-bond donors (Lipinski definition) is 0. The lowest BCUT2D eigenvalue weighted by Gasteiger charge is -2.45. The van der Waals surface area contributed by atoms with Gasteiger partial charge in [0, 0.05) is 0 Å². The van der Waals surface area contributed by atoms with Gasteiger partial charge in [-0.3, -0.25) is 0 Å². The summed E-state index contributed by atoms with van der Waals surface area (Å²) in [7, 11) is -1.86. The molecule has 0 heterocycles. The molecule has 0 saturated heterocycles. The van der Waals surface area contributed by atoms with E-state index in [4.69, 9.17) is 0 Å². The predicted molar refractivity (Wildman–Crippen MR) is 116 cm³/mol. The molecule has 25 heavy (non-hydrogen) atoms. The van der Waals surface area contributed by atoms with E-state index >= 15 is 0 Å². The number of hydrogen-bond acceptors (Lipinski definition) is 0. The Labute approximate surface area is 157 Å². The van der Waals surface area contributed by atoms with Crippen LogP contribution >= 0.6 is 0 Å². The Bertz CT molecular complexity index is 705. The third-order valence-electron chi connectivity index (χ3n) is 7.13. The number of benzene rings is 1. The lowest BCUT2D eigenvalue weighted by molar-refractivity contribution is 0.715. The molecule has 0 spiro atoms. The molecule has 0 aliphatic heterocycles. The van der Waals surface area contributed by atoms with Crippen LogP contribution in [-0.2, 0) is 12.8 Å². The third kappa shape index (κ3) is 3.21. The Kier molecular flexibility index (Phi) is 5.59. The van der Waals surface area contributed by atoms with Gasteiger partial charge in [-0.15, -0.1) is 0 Å². The molecule has 0 amide bonds. The van der Waals surface area contributed by atoms with Crippen LogP contribution in [0.2, 0.25) is 11.6 Å². The second-order valence-corrected chi connectivity index (χ2v) is 14.1. The minimum absolute atomic E-state index is 0.292. The highest BCUT2D eigenvalue weighted by molar-refractivity contribution is 6.99. The summed E-state index contributed by atoms with van der Waals surface area (Å²) in [5, 5.41) is 3.70. The molecular formula is C24H38Si. The summed E-state index contributed by atoms with van der Waals surface area (Å²) >= 11 is 0. The summed E-state index contributed by atoms with van der Waals surface area (Å²) in [6, 6.07) is 7.48. The van der Waals surface area contributed by atoms with E-state index in [-0.39, 0.29) is 0 Å². The summed E-state index contributed by atoms with van der Waals surface area (Å²) in [5.74, 6) is 0.589. The van der Waals surface area contributed by atoms with Crippen LogP contribution in [0.25, 0.3) is 0 Å². The molecule has 1 heteroatoms. The van der Waals surface area contributed by atoms with Crippen molar-refractivity contribution in [3.63, 3.8) is 0 Å². The van der Waals surface area contributed by atoms with Crippen LogP contribution in [0.15, 0.2) is 40.1 Å². The topological polar surface area (TPSA) is 0 Å². The quantitative estimate of drug-likeness (QED) is 0.525. The van der Waals surface area contributed by atoms with Crippen LogP contribution in [0, 0.1) is 5.92 Å². The summed E-state index contributed by atoms with van der Waals surface area (Å²) in [5.41, 5.74) is 7.70. The zero-order valence-corrected chi connectivity index (χ0v) is 19.2. The van der Waals surface area contributed by atoms with Crippen molar-refractivity contribution in [2.45, 2.75) is 86.7 Å². The highest BCUT2D eigenvalue weighted by Crippen LogP contribution is 2.49. The van der Waals surface area contributed by atoms with Crippen molar-refractivity contribution in [1.29, 1.82) is 0 Å². The maximum atomic E-state index is 2.63. The van der Waals surface area contributed by atoms with Crippen molar-refractivity contribution in [3.8, 4) is 0 Å². The van der Waals surface area contributed by atoms with Crippen molar-refractivity contribution in [2.24, 2.45) is 5.92 Å². The summed E-state index contributed by atoms with van der Waals surface area (Å²) in [4.78, 5) is 0. The first kappa shape index (κ1) is 20.2. The number of rotatable bonds is 4. The fourth-order valence-corrected chi connectivity index (χ4v) is 9.58. The van der Waals surface area contributed by atoms with E-state index in [1.165, 1.54) is 16.7 Å². The molecule has 2 atom stereocenters.